The number of aliphatic imine (C=N–C) groups is 1. The second kappa shape index (κ2) is 7.75. The van der Waals surface area contributed by atoms with Gasteiger partial charge in [0.1, 0.15) is 5.84 Å². The van der Waals surface area contributed by atoms with E-state index < -0.39 is 6.09 Å². The van der Waals surface area contributed by atoms with Crippen LogP contribution in [0.3, 0.4) is 0 Å². The van der Waals surface area contributed by atoms with E-state index in [1.165, 1.54) is 0 Å². The van der Waals surface area contributed by atoms with E-state index in [9.17, 15) is 4.79 Å². The van der Waals surface area contributed by atoms with Crippen LogP contribution in [0.4, 0.5) is 16.2 Å². The lowest BCUT2D eigenvalue weighted by atomic mass is 10.1. The van der Waals surface area contributed by atoms with E-state index in [0.717, 1.165) is 42.2 Å². The zero-order valence-electron chi connectivity index (χ0n) is 11.7. The minimum absolute atomic E-state index is 0. The number of nitrogens with one attached hydrogen (secondary N) is 2. The zero-order chi connectivity index (χ0) is 13.7. The summed E-state index contributed by atoms with van der Waals surface area (Å²) in [6, 6.07) is 5.70. The standard InChI is InChI=1S/C14H19N3O2.ClH/c1-3-19-14(18)16-11-6-7-12(10(2)9-11)17-13-5-4-8-15-13;/h6-7,9H,3-5,8H2,1-2H3,(H,15,17)(H,16,18);1H. The molecule has 5 nitrogen and oxygen atoms in total. The number of benzene rings is 1. The third kappa shape index (κ3) is 4.42. The zero-order valence-corrected chi connectivity index (χ0v) is 12.5. The number of nitrogens with zero attached hydrogens (tertiary/aromatic N) is 1. The first kappa shape index (κ1) is 16.3. The Morgan fingerprint density at radius 3 is 2.85 bits per heavy atom. The van der Waals surface area contributed by atoms with Crippen molar-refractivity contribution < 1.29 is 9.53 Å². The van der Waals surface area contributed by atoms with Gasteiger partial charge in [-0.25, -0.2) is 4.79 Å². The third-order valence-electron chi connectivity index (χ3n) is 2.90. The molecule has 1 aromatic carbocycles. The number of hydrogen-bond donors (Lipinski definition) is 2. The number of hydrogen-bond acceptors (Lipinski definition) is 4. The molecule has 1 heterocycles. The highest BCUT2D eigenvalue weighted by Crippen LogP contribution is 2.21. The third-order valence-corrected chi connectivity index (χ3v) is 2.90. The van der Waals surface area contributed by atoms with Gasteiger partial charge in [0.25, 0.3) is 0 Å². The van der Waals surface area contributed by atoms with Crippen molar-refractivity contribution in [2.24, 2.45) is 4.99 Å². The van der Waals surface area contributed by atoms with Crippen molar-refractivity contribution in [1.82, 2.24) is 0 Å². The van der Waals surface area contributed by atoms with Crippen LogP contribution in [0.2, 0.25) is 0 Å². The average molecular weight is 298 g/mol. The molecule has 0 saturated heterocycles. The predicted octanol–water partition coefficient (Wildman–Crippen LogP) is 3.59. The van der Waals surface area contributed by atoms with Crippen LogP contribution in [0.15, 0.2) is 23.2 Å². The summed E-state index contributed by atoms with van der Waals surface area (Å²) in [5.74, 6) is 1.04. The normalized spacial score (nSPS) is 13.2. The molecule has 1 amide bonds. The average Bonchev–Trinajstić information content (AvgIpc) is 2.86. The Morgan fingerprint density at radius 2 is 2.25 bits per heavy atom. The number of amides is 1. The Hall–Kier alpha value is -1.75. The number of halogens is 1. The first-order chi connectivity index (χ1) is 9.19. The molecule has 6 heteroatoms. The molecule has 0 fully saturated rings. The molecule has 1 aromatic rings. The topological polar surface area (TPSA) is 62.7 Å². The van der Waals surface area contributed by atoms with Gasteiger partial charge in [0.2, 0.25) is 0 Å². The summed E-state index contributed by atoms with van der Waals surface area (Å²) < 4.78 is 4.84. The number of amidine groups is 1. The van der Waals surface area contributed by atoms with Gasteiger partial charge in [-0.2, -0.15) is 0 Å². The highest BCUT2D eigenvalue weighted by Gasteiger charge is 2.09. The van der Waals surface area contributed by atoms with Gasteiger partial charge >= 0.3 is 6.09 Å². The van der Waals surface area contributed by atoms with Crippen molar-refractivity contribution in [3.63, 3.8) is 0 Å². The summed E-state index contributed by atoms with van der Waals surface area (Å²) in [7, 11) is 0. The lowest BCUT2D eigenvalue weighted by Gasteiger charge is -2.11. The molecule has 0 spiro atoms. The molecule has 2 rings (SSSR count). The smallest absolute Gasteiger partial charge is 0.411 e. The molecule has 0 bridgehead atoms. The Morgan fingerprint density at radius 1 is 1.45 bits per heavy atom. The first-order valence-electron chi connectivity index (χ1n) is 6.54. The summed E-state index contributed by atoms with van der Waals surface area (Å²) in [6.07, 6.45) is 1.69. The molecule has 0 saturated carbocycles. The molecule has 2 N–H and O–H groups in total. The molecule has 1 aliphatic rings. The summed E-state index contributed by atoms with van der Waals surface area (Å²) >= 11 is 0. The van der Waals surface area contributed by atoms with Crippen LogP contribution in [0.5, 0.6) is 0 Å². The van der Waals surface area contributed by atoms with Gasteiger partial charge in [-0.15, -0.1) is 12.4 Å². The first-order valence-corrected chi connectivity index (χ1v) is 6.54. The van der Waals surface area contributed by atoms with Gasteiger partial charge in [-0.05, 0) is 44.0 Å². The molecule has 0 unspecified atom stereocenters. The molecule has 0 aliphatic carbocycles. The summed E-state index contributed by atoms with van der Waals surface area (Å²) in [6.45, 7) is 5.04. The maximum atomic E-state index is 11.3. The van der Waals surface area contributed by atoms with Crippen molar-refractivity contribution in [1.29, 1.82) is 0 Å². The number of anilines is 2. The Bertz CT molecular complexity index is 503. The van der Waals surface area contributed by atoms with Crippen molar-refractivity contribution in [3.05, 3.63) is 23.8 Å². The van der Waals surface area contributed by atoms with E-state index in [-0.39, 0.29) is 12.4 Å². The fourth-order valence-electron chi connectivity index (χ4n) is 1.96. The second-order valence-electron chi connectivity index (χ2n) is 4.43. The molecular formula is C14H20ClN3O2. The predicted molar refractivity (Wildman–Crippen MR) is 84.2 cm³/mol. The van der Waals surface area contributed by atoms with Gasteiger partial charge in [-0.1, -0.05) is 0 Å². The SMILES string of the molecule is CCOC(=O)Nc1ccc(NC2=NCCC2)c(C)c1.Cl. The molecule has 110 valence electrons. The van der Waals surface area contributed by atoms with Crippen LogP contribution in [0.1, 0.15) is 25.3 Å². The summed E-state index contributed by atoms with van der Waals surface area (Å²) in [5, 5.41) is 6.01. The van der Waals surface area contributed by atoms with E-state index in [0.29, 0.717) is 6.61 Å². The van der Waals surface area contributed by atoms with Crippen molar-refractivity contribution in [2.45, 2.75) is 26.7 Å². The molecule has 1 aliphatic heterocycles. The molecule has 20 heavy (non-hydrogen) atoms. The number of aryl methyl sites for hydroxylation is 1. The summed E-state index contributed by atoms with van der Waals surface area (Å²) in [5.41, 5.74) is 2.81. The van der Waals surface area contributed by atoms with E-state index in [1.807, 2.05) is 25.1 Å². The van der Waals surface area contributed by atoms with Gasteiger partial charge in [0.05, 0.1) is 6.61 Å². The second-order valence-corrected chi connectivity index (χ2v) is 4.43. The molecule has 0 atom stereocenters. The Labute approximate surface area is 125 Å². The molecule has 0 radical (unpaired) electrons. The van der Waals surface area contributed by atoms with Crippen LogP contribution < -0.4 is 10.6 Å². The molecular weight excluding hydrogens is 278 g/mol. The number of carbonyl (C=O) groups is 1. The maximum absolute atomic E-state index is 11.3. The van der Waals surface area contributed by atoms with E-state index in [1.54, 1.807) is 6.92 Å². The quantitative estimate of drug-likeness (QED) is 0.896. The fourth-order valence-corrected chi connectivity index (χ4v) is 1.96. The Balaban J connectivity index is 0.00000200. The van der Waals surface area contributed by atoms with Gasteiger partial charge in [0, 0.05) is 24.3 Å². The maximum Gasteiger partial charge on any atom is 0.411 e. The number of rotatable bonds is 3. The van der Waals surface area contributed by atoms with Crippen LogP contribution in [-0.2, 0) is 4.74 Å². The van der Waals surface area contributed by atoms with Gasteiger partial charge < -0.3 is 10.1 Å². The van der Waals surface area contributed by atoms with E-state index in [2.05, 4.69) is 15.6 Å². The van der Waals surface area contributed by atoms with Crippen LogP contribution in [0.25, 0.3) is 0 Å². The lowest BCUT2D eigenvalue weighted by molar-refractivity contribution is 0.168. The van der Waals surface area contributed by atoms with Crippen LogP contribution >= 0.6 is 12.4 Å². The van der Waals surface area contributed by atoms with Crippen LogP contribution in [0, 0.1) is 6.92 Å². The van der Waals surface area contributed by atoms with Gasteiger partial charge in [0.15, 0.2) is 0 Å². The lowest BCUT2D eigenvalue weighted by Crippen LogP contribution is -2.14. The number of carbonyl (C=O) groups excluding carboxylic acids is 1. The summed E-state index contributed by atoms with van der Waals surface area (Å²) in [4.78, 5) is 15.7. The van der Waals surface area contributed by atoms with E-state index >= 15 is 0 Å². The van der Waals surface area contributed by atoms with Crippen molar-refractivity contribution in [2.75, 3.05) is 23.8 Å². The Kier molecular flexibility index (Phi) is 6.31. The van der Waals surface area contributed by atoms with Crippen molar-refractivity contribution in [3.8, 4) is 0 Å². The minimum Gasteiger partial charge on any atom is -0.450 e. The largest absolute Gasteiger partial charge is 0.450 e. The number of ether oxygens (including phenoxy) is 1. The van der Waals surface area contributed by atoms with E-state index in [4.69, 9.17) is 4.74 Å². The monoisotopic (exact) mass is 297 g/mol. The highest BCUT2D eigenvalue weighted by atomic mass is 35.5. The van der Waals surface area contributed by atoms with Gasteiger partial charge in [-0.3, -0.25) is 10.3 Å². The van der Waals surface area contributed by atoms with Crippen LogP contribution in [-0.4, -0.2) is 25.1 Å². The molecule has 0 aromatic heterocycles. The highest BCUT2D eigenvalue weighted by molar-refractivity contribution is 5.97. The minimum atomic E-state index is -0.428. The fraction of sp³-hybridized carbons (Fsp3) is 0.429. The van der Waals surface area contributed by atoms with Crippen molar-refractivity contribution >= 4 is 35.7 Å².